The van der Waals surface area contributed by atoms with Gasteiger partial charge in [0.1, 0.15) is 0 Å². The van der Waals surface area contributed by atoms with Crippen LogP contribution >= 0.6 is 11.3 Å². The second-order valence-electron chi connectivity index (χ2n) is 6.99. The van der Waals surface area contributed by atoms with Crippen molar-refractivity contribution in [1.29, 1.82) is 0 Å². The van der Waals surface area contributed by atoms with Crippen molar-refractivity contribution >= 4 is 45.6 Å². The number of carbonyl (C=O) groups is 3. The molecule has 1 unspecified atom stereocenters. The second kappa shape index (κ2) is 8.46. The lowest BCUT2D eigenvalue weighted by Crippen LogP contribution is -2.20. The smallest absolute Gasteiger partial charge is 0.257 e. The Morgan fingerprint density at radius 2 is 1.70 bits per heavy atom. The first kappa shape index (κ1) is 19.8. The van der Waals surface area contributed by atoms with Gasteiger partial charge < -0.3 is 10.6 Å². The molecule has 0 radical (unpaired) electrons. The van der Waals surface area contributed by atoms with Crippen LogP contribution in [0.25, 0.3) is 0 Å². The minimum atomic E-state index is -0.372. The predicted octanol–water partition coefficient (Wildman–Crippen LogP) is 4.02. The fourth-order valence-corrected chi connectivity index (χ4v) is 4.44. The molecule has 0 spiro atoms. The van der Waals surface area contributed by atoms with Crippen molar-refractivity contribution in [2.75, 3.05) is 16.0 Å². The summed E-state index contributed by atoms with van der Waals surface area (Å²) in [5.41, 5.74) is 2.50. The Bertz CT molecular complexity index is 1110. The highest BCUT2D eigenvalue weighted by atomic mass is 32.1. The van der Waals surface area contributed by atoms with E-state index in [-0.39, 0.29) is 23.6 Å². The number of benzene rings is 2. The van der Waals surface area contributed by atoms with E-state index in [4.69, 9.17) is 0 Å². The first-order valence-electron chi connectivity index (χ1n) is 9.54. The summed E-state index contributed by atoms with van der Waals surface area (Å²) in [7, 11) is 0. The maximum Gasteiger partial charge on any atom is 0.257 e. The molecular weight excluding hydrogens is 400 g/mol. The third kappa shape index (κ3) is 4.38. The summed E-state index contributed by atoms with van der Waals surface area (Å²) in [6.07, 6.45) is 1.43. The standard InChI is InChI=1S/C22H20N4O3S/c1-13(27)23-15-8-5-9-16(12-15)24-21(29)17-10-11-18-19(17)25-22(30-18)26-20(28)14-6-3-2-4-7-14/h2-9,12,17H,10-11H2,1H3,(H,23,27)(H,24,29)(H,25,26,28). The molecule has 1 atom stereocenters. The van der Waals surface area contributed by atoms with E-state index in [0.717, 1.165) is 17.0 Å². The molecule has 0 saturated carbocycles. The average molecular weight is 420 g/mol. The van der Waals surface area contributed by atoms with Crippen molar-refractivity contribution < 1.29 is 14.4 Å². The van der Waals surface area contributed by atoms with Crippen LogP contribution in [-0.4, -0.2) is 22.7 Å². The molecule has 1 heterocycles. The van der Waals surface area contributed by atoms with Gasteiger partial charge in [-0.1, -0.05) is 24.3 Å². The quantitative estimate of drug-likeness (QED) is 0.580. The summed E-state index contributed by atoms with van der Waals surface area (Å²) in [6.45, 7) is 1.43. The highest BCUT2D eigenvalue weighted by molar-refractivity contribution is 7.16. The van der Waals surface area contributed by atoms with Gasteiger partial charge in [-0.15, -0.1) is 11.3 Å². The van der Waals surface area contributed by atoms with Gasteiger partial charge in [0.05, 0.1) is 11.6 Å². The Balaban J connectivity index is 1.45. The molecule has 1 aliphatic rings. The number of nitrogens with zero attached hydrogens (tertiary/aromatic N) is 1. The van der Waals surface area contributed by atoms with E-state index in [0.29, 0.717) is 28.5 Å². The van der Waals surface area contributed by atoms with Gasteiger partial charge in [0.15, 0.2) is 5.13 Å². The van der Waals surface area contributed by atoms with Gasteiger partial charge in [-0.3, -0.25) is 19.7 Å². The van der Waals surface area contributed by atoms with Gasteiger partial charge in [-0.05, 0) is 43.2 Å². The molecule has 7 nitrogen and oxygen atoms in total. The number of amides is 3. The Kier molecular flexibility index (Phi) is 5.58. The fraction of sp³-hybridized carbons (Fsp3) is 0.182. The molecule has 30 heavy (non-hydrogen) atoms. The van der Waals surface area contributed by atoms with Crippen LogP contribution in [-0.2, 0) is 16.0 Å². The lowest BCUT2D eigenvalue weighted by Gasteiger charge is -2.12. The van der Waals surface area contributed by atoms with E-state index in [1.807, 2.05) is 6.07 Å². The minimum absolute atomic E-state index is 0.153. The zero-order valence-corrected chi connectivity index (χ0v) is 17.1. The van der Waals surface area contributed by atoms with Gasteiger partial charge in [0.2, 0.25) is 11.8 Å². The van der Waals surface area contributed by atoms with Gasteiger partial charge in [-0.2, -0.15) is 0 Å². The monoisotopic (exact) mass is 420 g/mol. The molecule has 3 amide bonds. The van der Waals surface area contributed by atoms with E-state index in [1.54, 1.807) is 48.5 Å². The normalized spacial score (nSPS) is 14.6. The molecular formula is C22H20N4O3S. The summed E-state index contributed by atoms with van der Waals surface area (Å²) in [5, 5.41) is 8.92. The summed E-state index contributed by atoms with van der Waals surface area (Å²) < 4.78 is 0. The van der Waals surface area contributed by atoms with Crippen LogP contribution in [0.4, 0.5) is 16.5 Å². The molecule has 3 N–H and O–H groups in total. The zero-order valence-electron chi connectivity index (χ0n) is 16.3. The van der Waals surface area contributed by atoms with Crippen LogP contribution in [0.3, 0.4) is 0 Å². The van der Waals surface area contributed by atoms with Crippen LogP contribution in [0.15, 0.2) is 54.6 Å². The topological polar surface area (TPSA) is 100 Å². The maximum absolute atomic E-state index is 12.8. The number of nitrogens with one attached hydrogen (secondary N) is 3. The molecule has 0 aliphatic heterocycles. The Labute approximate surface area is 177 Å². The van der Waals surface area contributed by atoms with Crippen LogP contribution in [0.1, 0.15) is 40.2 Å². The van der Waals surface area contributed by atoms with Gasteiger partial charge in [0.25, 0.3) is 5.91 Å². The predicted molar refractivity (Wildman–Crippen MR) is 117 cm³/mol. The lowest BCUT2D eigenvalue weighted by molar-refractivity contribution is -0.117. The minimum Gasteiger partial charge on any atom is -0.326 e. The molecule has 2 aromatic carbocycles. The van der Waals surface area contributed by atoms with Gasteiger partial charge >= 0.3 is 0 Å². The average Bonchev–Trinajstić information content (AvgIpc) is 3.28. The highest BCUT2D eigenvalue weighted by Gasteiger charge is 2.33. The molecule has 1 aliphatic carbocycles. The molecule has 0 saturated heterocycles. The van der Waals surface area contributed by atoms with E-state index >= 15 is 0 Å². The number of rotatable bonds is 5. The first-order chi connectivity index (χ1) is 14.5. The van der Waals surface area contributed by atoms with Crippen molar-refractivity contribution in [3.8, 4) is 0 Å². The number of aromatic nitrogens is 1. The molecule has 152 valence electrons. The summed E-state index contributed by atoms with van der Waals surface area (Å²) in [6, 6.07) is 15.9. The molecule has 3 aromatic rings. The molecule has 0 fully saturated rings. The summed E-state index contributed by atoms with van der Waals surface area (Å²) >= 11 is 1.41. The number of aryl methyl sites for hydroxylation is 1. The number of hydrogen-bond donors (Lipinski definition) is 3. The molecule has 1 aromatic heterocycles. The van der Waals surface area contributed by atoms with Gasteiger partial charge in [-0.25, -0.2) is 4.98 Å². The van der Waals surface area contributed by atoms with Crippen molar-refractivity contribution in [3.63, 3.8) is 0 Å². The number of hydrogen-bond acceptors (Lipinski definition) is 5. The first-order valence-corrected chi connectivity index (χ1v) is 10.4. The molecule has 4 rings (SSSR count). The van der Waals surface area contributed by atoms with E-state index < -0.39 is 0 Å². The zero-order chi connectivity index (χ0) is 21.1. The number of anilines is 3. The highest BCUT2D eigenvalue weighted by Crippen LogP contribution is 2.39. The lowest BCUT2D eigenvalue weighted by atomic mass is 10.1. The SMILES string of the molecule is CC(=O)Nc1cccc(NC(=O)C2CCc3sc(NC(=O)c4ccccc4)nc32)c1. The van der Waals surface area contributed by atoms with Crippen LogP contribution in [0.2, 0.25) is 0 Å². The van der Waals surface area contributed by atoms with Crippen LogP contribution in [0, 0.1) is 0 Å². The van der Waals surface area contributed by atoms with E-state index in [1.165, 1.54) is 18.3 Å². The van der Waals surface area contributed by atoms with E-state index in [2.05, 4.69) is 20.9 Å². The van der Waals surface area contributed by atoms with Crippen molar-refractivity contribution in [3.05, 3.63) is 70.7 Å². The second-order valence-corrected chi connectivity index (χ2v) is 8.07. The van der Waals surface area contributed by atoms with Crippen LogP contribution < -0.4 is 16.0 Å². The Morgan fingerprint density at radius 3 is 2.43 bits per heavy atom. The van der Waals surface area contributed by atoms with Crippen molar-refractivity contribution in [2.24, 2.45) is 0 Å². The molecule has 8 heteroatoms. The van der Waals surface area contributed by atoms with Crippen molar-refractivity contribution in [2.45, 2.75) is 25.7 Å². The number of thiazole rings is 1. The molecule has 0 bridgehead atoms. The maximum atomic E-state index is 12.8. The number of carbonyl (C=O) groups excluding carboxylic acids is 3. The van der Waals surface area contributed by atoms with E-state index in [9.17, 15) is 14.4 Å². The van der Waals surface area contributed by atoms with Crippen LogP contribution in [0.5, 0.6) is 0 Å². The third-order valence-corrected chi connectivity index (χ3v) is 5.79. The number of fused-ring (bicyclic) bond motifs is 1. The van der Waals surface area contributed by atoms with Gasteiger partial charge in [0, 0.05) is 28.7 Å². The Hall–Kier alpha value is -3.52. The van der Waals surface area contributed by atoms with Crippen molar-refractivity contribution in [1.82, 2.24) is 4.98 Å². The largest absolute Gasteiger partial charge is 0.326 e. The Morgan fingerprint density at radius 1 is 0.967 bits per heavy atom. The summed E-state index contributed by atoms with van der Waals surface area (Å²) in [5.74, 6) is -0.923. The fourth-order valence-electron chi connectivity index (χ4n) is 3.40. The third-order valence-electron chi connectivity index (χ3n) is 4.74. The summed E-state index contributed by atoms with van der Waals surface area (Å²) in [4.78, 5) is 42.0.